The third-order valence-electron chi connectivity index (χ3n) is 2.74. The van der Waals surface area contributed by atoms with Gasteiger partial charge in [0.2, 0.25) is 5.91 Å². The molecule has 9 heteroatoms. The Hall–Kier alpha value is -0.710. The molecule has 0 heterocycles. The zero-order valence-electron chi connectivity index (χ0n) is 15.4. The Kier molecular flexibility index (Phi) is 12.5. The SMILES string of the molecule is COC(=O)[C@H](C)NC(=O)C(CC[S+](C)C)NC(=O)OC(C)(C)C.[I-]. The number of methoxy groups -OCH3 is 1. The van der Waals surface area contributed by atoms with Gasteiger partial charge in [0.1, 0.15) is 23.4 Å². The third kappa shape index (κ3) is 11.8. The number of nitrogens with one attached hydrogen (secondary N) is 2. The highest BCUT2D eigenvalue weighted by atomic mass is 127. The van der Waals surface area contributed by atoms with Crippen molar-refractivity contribution in [1.29, 1.82) is 0 Å². The molecule has 0 spiro atoms. The van der Waals surface area contributed by atoms with Crippen LogP contribution in [0.15, 0.2) is 0 Å². The summed E-state index contributed by atoms with van der Waals surface area (Å²) in [6, 6.07) is -1.54. The first-order chi connectivity index (χ1) is 10.5. The van der Waals surface area contributed by atoms with Crippen molar-refractivity contribution in [2.75, 3.05) is 25.4 Å². The Balaban J connectivity index is 0. The summed E-state index contributed by atoms with van der Waals surface area (Å²) in [5.41, 5.74) is -0.649. The van der Waals surface area contributed by atoms with E-state index in [4.69, 9.17) is 4.74 Å². The van der Waals surface area contributed by atoms with Crippen molar-refractivity contribution in [3.63, 3.8) is 0 Å². The molecule has 142 valence electrons. The maximum Gasteiger partial charge on any atom is 0.408 e. The number of hydrogen-bond acceptors (Lipinski definition) is 5. The smallest absolute Gasteiger partial charge is 0.408 e. The van der Waals surface area contributed by atoms with Crippen molar-refractivity contribution in [3.05, 3.63) is 0 Å². The molecule has 2 amide bonds. The van der Waals surface area contributed by atoms with Gasteiger partial charge in [0.25, 0.3) is 0 Å². The first-order valence-electron chi connectivity index (χ1n) is 7.38. The average Bonchev–Trinajstić information content (AvgIpc) is 2.39. The van der Waals surface area contributed by atoms with Gasteiger partial charge in [-0.3, -0.25) is 4.79 Å². The Morgan fingerprint density at radius 3 is 2.08 bits per heavy atom. The number of carbonyl (C=O) groups excluding carboxylic acids is 3. The van der Waals surface area contributed by atoms with E-state index in [9.17, 15) is 14.4 Å². The van der Waals surface area contributed by atoms with Crippen molar-refractivity contribution in [1.82, 2.24) is 10.6 Å². The zero-order valence-corrected chi connectivity index (χ0v) is 18.4. The van der Waals surface area contributed by atoms with Crippen LogP contribution in [0.4, 0.5) is 4.79 Å². The fraction of sp³-hybridized carbons (Fsp3) is 0.800. The molecule has 7 nitrogen and oxygen atoms in total. The van der Waals surface area contributed by atoms with Crippen LogP contribution in [0.1, 0.15) is 34.1 Å². The minimum absolute atomic E-state index is 0. The predicted molar refractivity (Wildman–Crippen MR) is 91.5 cm³/mol. The molecule has 1 unspecified atom stereocenters. The lowest BCUT2D eigenvalue weighted by molar-refractivity contribution is -0.144. The molecule has 2 atom stereocenters. The van der Waals surface area contributed by atoms with E-state index in [0.717, 1.165) is 5.75 Å². The Morgan fingerprint density at radius 2 is 1.67 bits per heavy atom. The van der Waals surface area contributed by atoms with Crippen molar-refractivity contribution < 1.29 is 47.8 Å². The Morgan fingerprint density at radius 1 is 1.12 bits per heavy atom. The molecule has 0 saturated heterocycles. The zero-order chi connectivity index (χ0) is 18.2. The quantitative estimate of drug-likeness (QED) is 0.248. The lowest BCUT2D eigenvalue weighted by atomic mass is 10.2. The lowest BCUT2D eigenvalue weighted by Gasteiger charge is -2.23. The molecule has 0 aromatic carbocycles. The number of esters is 1. The van der Waals surface area contributed by atoms with Gasteiger partial charge in [-0.05, 0) is 38.6 Å². The average molecular weight is 476 g/mol. The van der Waals surface area contributed by atoms with E-state index in [0.29, 0.717) is 6.42 Å². The number of rotatable bonds is 7. The van der Waals surface area contributed by atoms with Gasteiger partial charge in [0.15, 0.2) is 0 Å². The summed E-state index contributed by atoms with van der Waals surface area (Å²) in [5, 5.41) is 5.11. The standard InChI is InChI=1S/C15H28N2O5S.HI/c1-10(13(19)21-5)16-12(18)11(8-9-23(6)7)17-14(20)22-15(2,3)4;/h10-11H,8-9H2,1-7H3,(H-,16,17,18,20);1H/t10-,11?;/m0./s1. The fourth-order valence-corrected chi connectivity index (χ4v) is 2.33. The number of hydrogen-bond donors (Lipinski definition) is 2. The van der Waals surface area contributed by atoms with E-state index >= 15 is 0 Å². The number of halogens is 1. The Bertz CT molecular complexity index is 427. The van der Waals surface area contributed by atoms with Crippen molar-refractivity contribution in [2.45, 2.75) is 51.8 Å². The van der Waals surface area contributed by atoms with Crippen LogP contribution < -0.4 is 34.6 Å². The number of amides is 2. The number of ether oxygens (including phenoxy) is 2. The molecule has 24 heavy (non-hydrogen) atoms. The van der Waals surface area contributed by atoms with Gasteiger partial charge in [-0.25, -0.2) is 9.59 Å². The second-order valence-corrected chi connectivity index (χ2v) is 8.81. The minimum atomic E-state index is -0.781. The predicted octanol–water partition coefficient (Wildman–Crippen LogP) is -2.17. The summed E-state index contributed by atoms with van der Waals surface area (Å²) in [4.78, 5) is 35.6. The molecule has 0 aliphatic rings. The monoisotopic (exact) mass is 476 g/mol. The maximum absolute atomic E-state index is 12.3. The molecule has 0 aliphatic heterocycles. The second kappa shape index (κ2) is 11.8. The van der Waals surface area contributed by atoms with Gasteiger partial charge in [-0.15, -0.1) is 0 Å². The van der Waals surface area contributed by atoms with Crippen molar-refractivity contribution >= 4 is 28.9 Å². The minimum Gasteiger partial charge on any atom is -1.00 e. The molecule has 0 aliphatic carbocycles. The first kappa shape index (κ1) is 25.5. The molecule has 0 rings (SSSR count). The first-order valence-corrected chi connectivity index (χ1v) is 9.59. The van der Waals surface area contributed by atoms with Crippen LogP contribution in [0.3, 0.4) is 0 Å². The number of carbonyl (C=O) groups is 3. The van der Waals surface area contributed by atoms with Crippen molar-refractivity contribution in [3.8, 4) is 0 Å². The topological polar surface area (TPSA) is 93.7 Å². The molecular formula is C15H29IN2O5S. The molecule has 2 N–H and O–H groups in total. The van der Waals surface area contributed by atoms with Gasteiger partial charge in [-0.2, -0.15) is 0 Å². The Labute approximate surface area is 164 Å². The molecule has 0 aromatic rings. The van der Waals surface area contributed by atoms with Crippen LogP contribution in [0.5, 0.6) is 0 Å². The van der Waals surface area contributed by atoms with Crippen LogP contribution in [-0.2, 0) is 30.0 Å². The summed E-state index contributed by atoms with van der Waals surface area (Å²) in [7, 11) is 1.38. The summed E-state index contributed by atoms with van der Waals surface area (Å²) >= 11 is 0. The van der Waals surface area contributed by atoms with Crippen LogP contribution in [-0.4, -0.2) is 61.0 Å². The summed E-state index contributed by atoms with van der Waals surface area (Å²) in [6.07, 6.45) is 3.92. The van der Waals surface area contributed by atoms with Gasteiger partial charge >= 0.3 is 12.1 Å². The number of alkyl carbamates (subject to hydrolysis) is 1. The van der Waals surface area contributed by atoms with Crippen LogP contribution in [0.2, 0.25) is 0 Å². The fourth-order valence-electron chi connectivity index (χ4n) is 1.62. The van der Waals surface area contributed by atoms with E-state index in [1.165, 1.54) is 14.0 Å². The lowest BCUT2D eigenvalue weighted by Crippen LogP contribution is -3.00. The van der Waals surface area contributed by atoms with Gasteiger partial charge in [0.05, 0.1) is 19.6 Å². The van der Waals surface area contributed by atoms with Gasteiger partial charge in [-0.1, -0.05) is 0 Å². The van der Waals surface area contributed by atoms with Crippen LogP contribution >= 0.6 is 0 Å². The largest absolute Gasteiger partial charge is 1.00 e. The molecule has 0 saturated carbocycles. The summed E-state index contributed by atoms with van der Waals surface area (Å²) in [5.74, 6) is -0.195. The second-order valence-electron chi connectivity index (χ2n) is 6.43. The van der Waals surface area contributed by atoms with Gasteiger partial charge < -0.3 is 44.1 Å². The highest BCUT2D eigenvalue weighted by Crippen LogP contribution is 2.08. The molecular weight excluding hydrogens is 447 g/mol. The van der Waals surface area contributed by atoms with Gasteiger partial charge in [0, 0.05) is 6.42 Å². The summed E-state index contributed by atoms with van der Waals surface area (Å²) < 4.78 is 9.75. The van der Waals surface area contributed by atoms with E-state index in [2.05, 4.69) is 27.9 Å². The highest BCUT2D eigenvalue weighted by molar-refractivity contribution is 7.95. The van der Waals surface area contributed by atoms with Crippen molar-refractivity contribution in [2.24, 2.45) is 0 Å². The maximum atomic E-state index is 12.3. The van der Waals surface area contributed by atoms with Crippen LogP contribution in [0.25, 0.3) is 0 Å². The molecule has 0 aromatic heterocycles. The summed E-state index contributed by atoms with van der Waals surface area (Å²) in [6.45, 7) is 6.77. The van der Waals surface area contributed by atoms with Crippen LogP contribution in [0, 0.1) is 0 Å². The molecule has 0 bridgehead atoms. The van der Waals surface area contributed by atoms with E-state index < -0.39 is 35.7 Å². The molecule has 0 radical (unpaired) electrons. The highest BCUT2D eigenvalue weighted by Gasteiger charge is 2.28. The third-order valence-corrected chi connectivity index (χ3v) is 3.79. The van der Waals surface area contributed by atoms with E-state index in [1.807, 2.05) is 0 Å². The van der Waals surface area contributed by atoms with E-state index in [1.54, 1.807) is 20.8 Å². The normalized spacial score (nSPS) is 13.3. The molecule has 0 fully saturated rings. The van der Waals surface area contributed by atoms with E-state index in [-0.39, 0.29) is 34.9 Å².